The van der Waals surface area contributed by atoms with Gasteiger partial charge < -0.3 is 23.9 Å². The Kier molecular flexibility index (Phi) is 6.74. The lowest BCUT2D eigenvalue weighted by Crippen LogP contribution is -2.33. The lowest BCUT2D eigenvalue weighted by atomic mass is 9.93. The maximum absolute atomic E-state index is 14.1. The highest BCUT2D eigenvalue weighted by Crippen LogP contribution is 2.42. The molecule has 2 aromatic carbocycles. The minimum atomic E-state index is -1.07. The fourth-order valence-electron chi connectivity index (χ4n) is 5.16. The van der Waals surface area contributed by atoms with Crippen LogP contribution in [0, 0.1) is 5.82 Å². The molecule has 2 aliphatic heterocycles. The summed E-state index contributed by atoms with van der Waals surface area (Å²) in [7, 11) is 1.89. The normalized spacial score (nSPS) is 15.7. The van der Waals surface area contributed by atoms with E-state index in [1.165, 1.54) is 6.07 Å². The zero-order valence-electron chi connectivity index (χ0n) is 21.2. The van der Waals surface area contributed by atoms with Crippen LogP contribution in [-0.2, 0) is 20.2 Å². The maximum atomic E-state index is 14.1. The van der Waals surface area contributed by atoms with Crippen LogP contribution in [0.4, 0.5) is 4.39 Å². The summed E-state index contributed by atoms with van der Waals surface area (Å²) >= 11 is 5.83. The highest BCUT2D eigenvalue weighted by atomic mass is 35.5. The van der Waals surface area contributed by atoms with Crippen molar-refractivity contribution in [3.05, 3.63) is 75.9 Å². The summed E-state index contributed by atoms with van der Waals surface area (Å²) in [5.74, 6) is 0.720. The number of benzene rings is 2. The van der Waals surface area contributed by atoms with Crippen LogP contribution in [0.2, 0.25) is 5.02 Å². The van der Waals surface area contributed by atoms with E-state index in [1.54, 1.807) is 24.3 Å². The van der Waals surface area contributed by atoms with Gasteiger partial charge in [-0.15, -0.1) is 0 Å². The number of carbonyl (C=O) groups is 1. The Bertz CT molecular complexity index is 1570. The standard InChI is InChI=1S/C28H26ClFN4O5/c1-33-22-12-19(28(35)36)26-27(39-15-38-26)25(22)32-23(33)13-34-9-7-16(8-10-34)21-3-2-4-24(31-21)37-14-17-5-6-18(29)11-20(17)30/h2-6,11-12,16H,7-10,13-15H2,1H3,(H,35,36). The summed E-state index contributed by atoms with van der Waals surface area (Å²) in [4.78, 5) is 23.5. The molecule has 1 N–H and O–H groups in total. The van der Waals surface area contributed by atoms with Gasteiger partial charge in [0, 0.05) is 35.3 Å². The van der Waals surface area contributed by atoms with Gasteiger partial charge in [-0.05, 0) is 50.2 Å². The van der Waals surface area contributed by atoms with Crippen molar-refractivity contribution in [2.45, 2.75) is 31.9 Å². The number of aryl methyl sites for hydroxylation is 1. The van der Waals surface area contributed by atoms with E-state index in [0.717, 1.165) is 37.4 Å². The van der Waals surface area contributed by atoms with Gasteiger partial charge in [0.05, 0.1) is 12.1 Å². The topological polar surface area (TPSA) is 98.9 Å². The number of likely N-dealkylation sites (tertiary alicyclic amines) is 1. The van der Waals surface area contributed by atoms with Crippen LogP contribution in [0.3, 0.4) is 0 Å². The van der Waals surface area contributed by atoms with E-state index in [2.05, 4.69) is 9.88 Å². The smallest absolute Gasteiger partial charge is 0.339 e. The van der Waals surface area contributed by atoms with Crippen molar-refractivity contribution < 1.29 is 28.5 Å². The van der Waals surface area contributed by atoms with Crippen molar-refractivity contribution in [2.75, 3.05) is 19.9 Å². The van der Waals surface area contributed by atoms with Gasteiger partial charge in [0.2, 0.25) is 12.7 Å². The highest BCUT2D eigenvalue weighted by Gasteiger charge is 2.29. The number of fused-ring (bicyclic) bond motifs is 3. The molecule has 6 rings (SSSR count). The molecule has 4 aromatic rings. The first-order valence-electron chi connectivity index (χ1n) is 12.6. The molecule has 1 saturated heterocycles. The second kappa shape index (κ2) is 10.3. The number of piperidine rings is 1. The molecule has 9 nitrogen and oxygen atoms in total. The second-order valence-corrected chi connectivity index (χ2v) is 10.2. The SMILES string of the molecule is Cn1c(CN2CCC(c3cccc(OCc4ccc(Cl)cc4F)n3)CC2)nc2c3c(c(C(=O)O)cc21)OCO3. The Morgan fingerprint density at radius 3 is 2.72 bits per heavy atom. The number of carboxylic acid groups (broad SMARTS) is 1. The van der Waals surface area contributed by atoms with Gasteiger partial charge in [0.1, 0.15) is 29.3 Å². The molecule has 2 aromatic heterocycles. The maximum Gasteiger partial charge on any atom is 0.339 e. The molecule has 0 saturated carbocycles. The van der Waals surface area contributed by atoms with E-state index in [1.807, 2.05) is 23.7 Å². The molecule has 39 heavy (non-hydrogen) atoms. The van der Waals surface area contributed by atoms with Gasteiger partial charge >= 0.3 is 5.97 Å². The first-order chi connectivity index (χ1) is 18.9. The van der Waals surface area contributed by atoms with Gasteiger partial charge in [-0.2, -0.15) is 0 Å². The average molecular weight is 553 g/mol. The molecule has 0 unspecified atom stereocenters. The number of pyridine rings is 1. The predicted octanol–water partition coefficient (Wildman–Crippen LogP) is 5.15. The Morgan fingerprint density at radius 2 is 1.95 bits per heavy atom. The largest absolute Gasteiger partial charge is 0.478 e. The molecule has 0 aliphatic carbocycles. The van der Waals surface area contributed by atoms with Gasteiger partial charge in [-0.25, -0.2) is 19.2 Å². The van der Waals surface area contributed by atoms with Crippen LogP contribution in [0.5, 0.6) is 17.4 Å². The van der Waals surface area contributed by atoms with Crippen LogP contribution in [0.1, 0.15) is 46.2 Å². The summed E-state index contributed by atoms with van der Waals surface area (Å²) in [5.41, 5.74) is 2.76. The number of ether oxygens (including phenoxy) is 3. The Balaban J connectivity index is 1.11. The second-order valence-electron chi connectivity index (χ2n) is 9.72. The number of nitrogens with zero attached hydrogens (tertiary/aromatic N) is 4. The molecule has 11 heteroatoms. The number of hydrogen-bond donors (Lipinski definition) is 1. The fraction of sp³-hybridized carbons (Fsp3) is 0.321. The molecule has 0 atom stereocenters. The van der Waals surface area contributed by atoms with E-state index >= 15 is 0 Å². The summed E-state index contributed by atoms with van der Waals surface area (Å²) in [6.07, 6.45) is 1.84. The van der Waals surface area contributed by atoms with E-state index in [0.29, 0.717) is 39.8 Å². The number of halogens is 2. The third kappa shape index (κ3) is 4.97. The zero-order valence-corrected chi connectivity index (χ0v) is 21.9. The molecule has 202 valence electrons. The quantitative estimate of drug-likeness (QED) is 0.336. The van der Waals surface area contributed by atoms with E-state index in [-0.39, 0.29) is 30.6 Å². The van der Waals surface area contributed by atoms with Crippen molar-refractivity contribution in [1.29, 1.82) is 0 Å². The molecular weight excluding hydrogens is 527 g/mol. The van der Waals surface area contributed by atoms with Crippen molar-refractivity contribution >= 4 is 28.6 Å². The molecule has 0 spiro atoms. The van der Waals surface area contributed by atoms with E-state index in [9.17, 15) is 14.3 Å². The lowest BCUT2D eigenvalue weighted by Gasteiger charge is -2.31. The molecule has 2 aliphatic rings. The first-order valence-corrected chi connectivity index (χ1v) is 13.0. The minimum Gasteiger partial charge on any atom is -0.478 e. The van der Waals surface area contributed by atoms with Gasteiger partial charge in [0.15, 0.2) is 11.5 Å². The monoisotopic (exact) mass is 552 g/mol. The summed E-state index contributed by atoms with van der Waals surface area (Å²) in [5, 5.41) is 9.95. The number of carboxylic acids is 1. The van der Waals surface area contributed by atoms with Gasteiger partial charge in [0.25, 0.3) is 0 Å². The van der Waals surface area contributed by atoms with Crippen molar-refractivity contribution in [3.8, 4) is 17.4 Å². The third-order valence-electron chi connectivity index (χ3n) is 7.32. The summed E-state index contributed by atoms with van der Waals surface area (Å²) < 4.78 is 32.7. The van der Waals surface area contributed by atoms with Crippen molar-refractivity contribution in [1.82, 2.24) is 19.4 Å². The Hall–Kier alpha value is -3.89. The molecule has 0 amide bonds. The number of aromatic carboxylic acids is 1. The van der Waals surface area contributed by atoms with E-state index in [4.69, 9.17) is 30.8 Å². The molecule has 0 radical (unpaired) electrons. The van der Waals surface area contributed by atoms with Crippen molar-refractivity contribution in [2.24, 2.45) is 7.05 Å². The Labute approximate surface area is 228 Å². The van der Waals surface area contributed by atoms with Crippen LogP contribution >= 0.6 is 11.6 Å². The van der Waals surface area contributed by atoms with Gasteiger partial charge in [-0.1, -0.05) is 23.7 Å². The van der Waals surface area contributed by atoms with Crippen LogP contribution in [0.15, 0.2) is 42.5 Å². The van der Waals surface area contributed by atoms with Crippen LogP contribution in [0.25, 0.3) is 11.0 Å². The molecule has 0 bridgehead atoms. The Morgan fingerprint density at radius 1 is 1.15 bits per heavy atom. The number of hydrogen-bond acceptors (Lipinski definition) is 7. The number of aromatic nitrogens is 3. The number of rotatable bonds is 7. The highest BCUT2D eigenvalue weighted by molar-refractivity contribution is 6.30. The average Bonchev–Trinajstić information content (AvgIpc) is 3.53. The molecule has 1 fully saturated rings. The predicted molar refractivity (Wildman–Crippen MR) is 141 cm³/mol. The van der Waals surface area contributed by atoms with E-state index < -0.39 is 11.8 Å². The summed E-state index contributed by atoms with van der Waals surface area (Å²) in [6, 6.07) is 11.8. The number of imidazole rings is 1. The first kappa shape index (κ1) is 25.4. The van der Waals surface area contributed by atoms with Crippen LogP contribution < -0.4 is 14.2 Å². The fourth-order valence-corrected chi connectivity index (χ4v) is 5.32. The minimum absolute atomic E-state index is 0.0214. The molecular formula is C28H26ClFN4O5. The van der Waals surface area contributed by atoms with Crippen molar-refractivity contribution in [3.63, 3.8) is 0 Å². The summed E-state index contributed by atoms with van der Waals surface area (Å²) in [6.45, 7) is 2.39. The molecule has 4 heterocycles. The third-order valence-corrected chi connectivity index (χ3v) is 7.56. The lowest BCUT2D eigenvalue weighted by molar-refractivity contribution is 0.0692. The zero-order chi connectivity index (χ0) is 27.1. The van der Waals surface area contributed by atoms with Gasteiger partial charge in [-0.3, -0.25) is 4.90 Å². The van der Waals surface area contributed by atoms with Crippen LogP contribution in [-0.4, -0.2) is 50.4 Å².